The number of hydrogen-bond donors (Lipinski definition) is 1. The Hall–Kier alpha value is -1.79. The summed E-state index contributed by atoms with van der Waals surface area (Å²) in [5, 5.41) is 8.71. The van der Waals surface area contributed by atoms with Gasteiger partial charge in [-0.1, -0.05) is 29.5 Å². The van der Waals surface area contributed by atoms with Gasteiger partial charge in [0.25, 0.3) is 0 Å². The smallest absolute Gasteiger partial charge is 0.315 e. The highest BCUT2D eigenvalue weighted by molar-refractivity contribution is 6.32. The molecule has 0 amide bonds. The maximum absolute atomic E-state index is 10.4. The fraction of sp³-hybridized carbons (Fsp3) is 0.0909. The molecule has 1 N–H and O–H groups in total. The normalized spacial score (nSPS) is 8.87. The van der Waals surface area contributed by atoms with Crippen LogP contribution in [0.1, 0.15) is 22.3 Å². The van der Waals surface area contributed by atoms with Crippen LogP contribution in [0.25, 0.3) is 0 Å². The Labute approximate surface area is 91.7 Å². The first-order valence-corrected chi connectivity index (χ1v) is 4.46. The predicted octanol–water partition coefficient (Wildman–Crippen LogP) is 1.98. The Morgan fingerprint density at radius 1 is 1.53 bits per heavy atom. The molecule has 0 aromatic heterocycles. The van der Waals surface area contributed by atoms with E-state index in [0.717, 1.165) is 0 Å². The van der Waals surface area contributed by atoms with E-state index in [0.29, 0.717) is 22.4 Å². The van der Waals surface area contributed by atoms with Crippen LogP contribution in [0.3, 0.4) is 0 Å². The lowest BCUT2D eigenvalue weighted by atomic mass is 10.1. The maximum Gasteiger partial charge on any atom is 0.315 e. The van der Waals surface area contributed by atoms with E-state index in [1.165, 1.54) is 6.07 Å². The number of aliphatic carboxylic acids is 1. The molecule has 3 nitrogen and oxygen atoms in total. The molecule has 0 radical (unpaired) electrons. The molecule has 4 heteroatoms. The Balaban J connectivity index is 2.90. The van der Waals surface area contributed by atoms with Gasteiger partial charge >= 0.3 is 5.97 Å². The second kappa shape index (κ2) is 5.18. The summed E-state index contributed by atoms with van der Waals surface area (Å²) in [7, 11) is 0. The Kier molecular flexibility index (Phi) is 3.90. The average molecular weight is 223 g/mol. The molecule has 0 aliphatic carbocycles. The highest BCUT2D eigenvalue weighted by atomic mass is 35.5. The van der Waals surface area contributed by atoms with Crippen molar-refractivity contribution in [2.45, 2.75) is 6.42 Å². The standard InChI is InChI=1S/C11H7ClO3/c12-10-6-8(7-13)4-5-9(10)2-1-3-11(14)15/h4-7H,3H2,(H,14,15). The van der Waals surface area contributed by atoms with Crippen molar-refractivity contribution in [3.05, 3.63) is 34.3 Å². The molecule has 15 heavy (non-hydrogen) atoms. The SMILES string of the molecule is O=Cc1ccc(C#CCC(=O)O)c(Cl)c1. The van der Waals surface area contributed by atoms with Gasteiger partial charge in [-0.05, 0) is 12.1 Å². The van der Waals surface area contributed by atoms with Crippen molar-refractivity contribution in [2.75, 3.05) is 0 Å². The van der Waals surface area contributed by atoms with Crippen LogP contribution in [0.5, 0.6) is 0 Å². The molecule has 1 aromatic rings. The number of carbonyl (C=O) groups excluding carboxylic acids is 1. The highest BCUT2D eigenvalue weighted by Gasteiger charge is 1.98. The summed E-state index contributed by atoms with van der Waals surface area (Å²) in [6, 6.07) is 4.64. The van der Waals surface area contributed by atoms with Crippen LogP contribution in [-0.4, -0.2) is 17.4 Å². The largest absolute Gasteiger partial charge is 0.481 e. The van der Waals surface area contributed by atoms with E-state index in [1.807, 2.05) is 0 Å². The second-order valence-corrected chi connectivity index (χ2v) is 3.14. The van der Waals surface area contributed by atoms with Crippen LogP contribution < -0.4 is 0 Å². The van der Waals surface area contributed by atoms with Gasteiger partial charge in [0.1, 0.15) is 12.7 Å². The monoisotopic (exact) mass is 222 g/mol. The number of rotatable bonds is 2. The van der Waals surface area contributed by atoms with E-state index in [4.69, 9.17) is 16.7 Å². The zero-order valence-electron chi connectivity index (χ0n) is 7.66. The zero-order valence-corrected chi connectivity index (χ0v) is 8.41. The molecule has 0 fully saturated rings. The number of benzene rings is 1. The third-order valence-electron chi connectivity index (χ3n) is 1.59. The molecule has 0 spiro atoms. The van der Waals surface area contributed by atoms with Gasteiger partial charge in [0, 0.05) is 11.1 Å². The summed E-state index contributed by atoms with van der Waals surface area (Å²) in [4.78, 5) is 20.6. The van der Waals surface area contributed by atoms with Crippen molar-refractivity contribution in [2.24, 2.45) is 0 Å². The number of aldehydes is 1. The fourth-order valence-corrected chi connectivity index (χ4v) is 1.16. The van der Waals surface area contributed by atoms with Gasteiger partial charge < -0.3 is 5.11 Å². The summed E-state index contributed by atoms with van der Waals surface area (Å²) in [6.45, 7) is 0. The van der Waals surface area contributed by atoms with E-state index < -0.39 is 5.97 Å². The minimum absolute atomic E-state index is 0.230. The van der Waals surface area contributed by atoms with Gasteiger partial charge in [-0.2, -0.15) is 0 Å². The molecule has 0 saturated carbocycles. The van der Waals surface area contributed by atoms with Crippen molar-refractivity contribution >= 4 is 23.9 Å². The van der Waals surface area contributed by atoms with Crippen LogP contribution in [0.15, 0.2) is 18.2 Å². The lowest BCUT2D eigenvalue weighted by Gasteiger charge is -1.95. The number of halogens is 1. The highest BCUT2D eigenvalue weighted by Crippen LogP contribution is 2.15. The van der Waals surface area contributed by atoms with Crippen LogP contribution in [0.4, 0.5) is 0 Å². The van der Waals surface area contributed by atoms with Gasteiger partial charge in [-0.25, -0.2) is 0 Å². The molecular formula is C11H7ClO3. The van der Waals surface area contributed by atoms with Crippen molar-refractivity contribution < 1.29 is 14.7 Å². The Bertz CT molecular complexity index is 455. The Morgan fingerprint density at radius 2 is 2.27 bits per heavy atom. The van der Waals surface area contributed by atoms with Crippen molar-refractivity contribution in [3.63, 3.8) is 0 Å². The van der Waals surface area contributed by atoms with Gasteiger partial charge in [-0.15, -0.1) is 0 Å². The second-order valence-electron chi connectivity index (χ2n) is 2.73. The summed E-state index contributed by atoms with van der Waals surface area (Å²) in [5.74, 6) is 4.09. The molecule has 0 atom stereocenters. The fourth-order valence-electron chi connectivity index (χ4n) is 0.921. The molecular weight excluding hydrogens is 216 g/mol. The van der Waals surface area contributed by atoms with Crippen molar-refractivity contribution in [3.8, 4) is 11.8 Å². The summed E-state index contributed by atoms with van der Waals surface area (Å²) < 4.78 is 0. The van der Waals surface area contributed by atoms with Crippen LogP contribution in [0, 0.1) is 11.8 Å². The topological polar surface area (TPSA) is 54.4 Å². The van der Waals surface area contributed by atoms with Crippen LogP contribution in [-0.2, 0) is 4.79 Å². The number of carboxylic acids is 1. The van der Waals surface area contributed by atoms with Crippen molar-refractivity contribution in [1.82, 2.24) is 0 Å². The molecule has 0 unspecified atom stereocenters. The van der Waals surface area contributed by atoms with Crippen LogP contribution >= 0.6 is 11.6 Å². The van der Waals surface area contributed by atoms with E-state index in [9.17, 15) is 9.59 Å². The lowest BCUT2D eigenvalue weighted by Crippen LogP contribution is -1.90. The zero-order chi connectivity index (χ0) is 11.3. The molecule has 1 aromatic carbocycles. The number of hydrogen-bond acceptors (Lipinski definition) is 2. The predicted molar refractivity (Wildman–Crippen MR) is 56.0 cm³/mol. The quantitative estimate of drug-likeness (QED) is 0.615. The number of carboxylic acid groups (broad SMARTS) is 1. The minimum Gasteiger partial charge on any atom is -0.481 e. The average Bonchev–Trinajstić information content (AvgIpc) is 2.20. The molecule has 0 bridgehead atoms. The molecule has 0 aliphatic rings. The Morgan fingerprint density at radius 3 is 2.80 bits per heavy atom. The molecule has 1 rings (SSSR count). The summed E-state index contributed by atoms with van der Waals surface area (Å²) in [6.07, 6.45) is 0.450. The number of carbonyl (C=O) groups is 2. The van der Waals surface area contributed by atoms with Gasteiger partial charge in [-0.3, -0.25) is 9.59 Å². The molecule has 0 heterocycles. The third-order valence-corrected chi connectivity index (χ3v) is 1.90. The van der Waals surface area contributed by atoms with Crippen LogP contribution in [0.2, 0.25) is 5.02 Å². The molecule has 0 saturated heterocycles. The van der Waals surface area contributed by atoms with Gasteiger partial charge in [0.05, 0.1) is 5.02 Å². The maximum atomic E-state index is 10.4. The summed E-state index contributed by atoms with van der Waals surface area (Å²) in [5.41, 5.74) is 0.979. The molecule has 76 valence electrons. The minimum atomic E-state index is -0.983. The van der Waals surface area contributed by atoms with Gasteiger partial charge in [0.2, 0.25) is 0 Å². The van der Waals surface area contributed by atoms with E-state index in [1.54, 1.807) is 12.1 Å². The van der Waals surface area contributed by atoms with E-state index in [2.05, 4.69) is 11.8 Å². The van der Waals surface area contributed by atoms with E-state index >= 15 is 0 Å². The van der Waals surface area contributed by atoms with Gasteiger partial charge in [0.15, 0.2) is 0 Å². The third kappa shape index (κ3) is 3.45. The first-order chi connectivity index (χ1) is 7.13. The lowest BCUT2D eigenvalue weighted by molar-refractivity contribution is -0.135. The molecule has 0 aliphatic heterocycles. The first-order valence-electron chi connectivity index (χ1n) is 4.09. The first kappa shape index (κ1) is 11.3. The summed E-state index contributed by atoms with van der Waals surface area (Å²) >= 11 is 5.81. The van der Waals surface area contributed by atoms with E-state index in [-0.39, 0.29) is 6.42 Å². The van der Waals surface area contributed by atoms with Crippen molar-refractivity contribution in [1.29, 1.82) is 0 Å².